The summed E-state index contributed by atoms with van der Waals surface area (Å²) in [5.41, 5.74) is 4.59. The minimum atomic E-state index is -0.359. The molecule has 33 heavy (non-hydrogen) atoms. The summed E-state index contributed by atoms with van der Waals surface area (Å²) in [4.78, 5) is 30.4. The van der Waals surface area contributed by atoms with E-state index in [1.165, 1.54) is 22.6 Å². The molecule has 0 atom stereocenters. The number of halogens is 1. The maximum atomic E-state index is 13.6. The first-order valence-corrected chi connectivity index (χ1v) is 10.9. The molecule has 0 aliphatic carbocycles. The highest BCUT2D eigenvalue weighted by Crippen LogP contribution is 2.35. The topological polar surface area (TPSA) is 49.9 Å². The molecule has 0 unspecified atom stereocenters. The molecule has 0 radical (unpaired) electrons. The molecule has 3 aromatic carbocycles. The average Bonchev–Trinajstić information content (AvgIpc) is 3.10. The number of hydrogen-bond donors (Lipinski definition) is 0. The highest BCUT2D eigenvalue weighted by molar-refractivity contribution is 6.35. The van der Waals surface area contributed by atoms with Crippen molar-refractivity contribution in [1.82, 2.24) is 9.80 Å². The summed E-state index contributed by atoms with van der Waals surface area (Å²) in [5.74, 6) is -0.354. The van der Waals surface area contributed by atoms with Crippen molar-refractivity contribution in [2.45, 2.75) is 19.5 Å². The maximum absolute atomic E-state index is 13.6. The molecule has 5 rings (SSSR count). The minimum absolute atomic E-state index is 0.0888. The summed E-state index contributed by atoms with van der Waals surface area (Å²) in [6, 6.07) is 21.2. The number of imide groups is 1. The van der Waals surface area contributed by atoms with Crippen LogP contribution in [0.5, 0.6) is 5.75 Å². The van der Waals surface area contributed by atoms with Crippen LogP contribution in [0.3, 0.4) is 0 Å². The van der Waals surface area contributed by atoms with Crippen molar-refractivity contribution >= 4 is 17.4 Å². The number of fused-ring (bicyclic) bond motifs is 1. The van der Waals surface area contributed by atoms with Crippen LogP contribution in [0.4, 0.5) is 4.39 Å². The standard InChI is InChI=1S/C27H23FN2O3/c1-33-23-12-8-20(9-13-23)24-25(29-15-14-19-4-2-3-5-21(19)17-29)27(32)30(26(24)31)16-18-6-10-22(28)11-7-18/h2-13H,14-17H2,1H3. The number of benzene rings is 3. The van der Waals surface area contributed by atoms with E-state index in [1.54, 1.807) is 43.5 Å². The van der Waals surface area contributed by atoms with Gasteiger partial charge in [-0.25, -0.2) is 4.39 Å². The van der Waals surface area contributed by atoms with Crippen LogP contribution in [0.2, 0.25) is 0 Å². The van der Waals surface area contributed by atoms with Gasteiger partial charge in [0.05, 0.1) is 19.2 Å². The Morgan fingerprint density at radius 1 is 0.879 bits per heavy atom. The van der Waals surface area contributed by atoms with Crippen molar-refractivity contribution in [3.63, 3.8) is 0 Å². The van der Waals surface area contributed by atoms with Crippen LogP contribution < -0.4 is 4.74 Å². The number of amides is 2. The first-order valence-electron chi connectivity index (χ1n) is 10.9. The highest BCUT2D eigenvalue weighted by Gasteiger charge is 2.42. The van der Waals surface area contributed by atoms with E-state index in [2.05, 4.69) is 12.1 Å². The third-order valence-electron chi connectivity index (χ3n) is 6.22. The molecule has 2 amide bonds. The average molecular weight is 442 g/mol. The molecular weight excluding hydrogens is 419 g/mol. The van der Waals surface area contributed by atoms with Gasteiger partial charge >= 0.3 is 0 Å². The van der Waals surface area contributed by atoms with E-state index in [0.29, 0.717) is 41.2 Å². The molecule has 2 heterocycles. The van der Waals surface area contributed by atoms with E-state index < -0.39 is 0 Å². The smallest absolute Gasteiger partial charge is 0.278 e. The van der Waals surface area contributed by atoms with Crippen LogP contribution in [-0.4, -0.2) is 35.3 Å². The van der Waals surface area contributed by atoms with Gasteiger partial charge in [-0.15, -0.1) is 0 Å². The first kappa shape index (κ1) is 20.9. The molecule has 0 bridgehead atoms. The number of carbonyl (C=O) groups excluding carboxylic acids is 2. The predicted molar refractivity (Wildman–Crippen MR) is 122 cm³/mol. The molecule has 2 aliphatic rings. The van der Waals surface area contributed by atoms with Gasteiger partial charge in [0, 0.05) is 13.1 Å². The Morgan fingerprint density at radius 3 is 2.27 bits per heavy atom. The maximum Gasteiger partial charge on any atom is 0.278 e. The third kappa shape index (κ3) is 3.89. The summed E-state index contributed by atoms with van der Waals surface area (Å²) in [6.07, 6.45) is 0.801. The van der Waals surface area contributed by atoms with Gasteiger partial charge in [-0.3, -0.25) is 14.5 Å². The van der Waals surface area contributed by atoms with Gasteiger partial charge in [0.25, 0.3) is 11.8 Å². The largest absolute Gasteiger partial charge is 0.497 e. The minimum Gasteiger partial charge on any atom is -0.497 e. The lowest BCUT2D eigenvalue weighted by atomic mass is 9.98. The van der Waals surface area contributed by atoms with Gasteiger partial charge in [0.1, 0.15) is 17.3 Å². The number of hydrogen-bond acceptors (Lipinski definition) is 4. The molecule has 6 heteroatoms. The predicted octanol–water partition coefficient (Wildman–Crippen LogP) is 4.17. The second kappa shape index (κ2) is 8.54. The summed E-state index contributed by atoms with van der Waals surface area (Å²) in [6.45, 7) is 1.30. The fourth-order valence-corrected chi connectivity index (χ4v) is 4.48. The van der Waals surface area contributed by atoms with Gasteiger partial charge < -0.3 is 9.64 Å². The Morgan fingerprint density at radius 2 is 1.58 bits per heavy atom. The Hall–Kier alpha value is -3.93. The lowest BCUT2D eigenvalue weighted by Crippen LogP contribution is -2.37. The second-order valence-electron chi connectivity index (χ2n) is 8.22. The lowest BCUT2D eigenvalue weighted by Gasteiger charge is -2.31. The van der Waals surface area contributed by atoms with E-state index in [1.807, 2.05) is 17.0 Å². The normalized spacial score (nSPS) is 15.8. The number of nitrogens with zero attached hydrogens (tertiary/aromatic N) is 2. The first-order chi connectivity index (χ1) is 16.0. The summed E-state index contributed by atoms with van der Waals surface area (Å²) >= 11 is 0. The van der Waals surface area contributed by atoms with Gasteiger partial charge in [0.2, 0.25) is 0 Å². The van der Waals surface area contributed by atoms with Crippen molar-refractivity contribution in [3.8, 4) is 5.75 Å². The zero-order valence-electron chi connectivity index (χ0n) is 18.3. The van der Waals surface area contributed by atoms with Gasteiger partial charge in [-0.05, 0) is 52.9 Å². The third-order valence-corrected chi connectivity index (χ3v) is 6.22. The van der Waals surface area contributed by atoms with Gasteiger partial charge in [0.15, 0.2) is 0 Å². The van der Waals surface area contributed by atoms with Gasteiger partial charge in [-0.1, -0.05) is 48.5 Å². The zero-order chi connectivity index (χ0) is 22.9. The van der Waals surface area contributed by atoms with E-state index in [4.69, 9.17) is 4.74 Å². The molecule has 0 fully saturated rings. The van der Waals surface area contributed by atoms with Crippen LogP contribution in [0.15, 0.2) is 78.5 Å². The molecular formula is C27H23FN2O3. The quantitative estimate of drug-likeness (QED) is 0.557. The molecule has 5 nitrogen and oxygen atoms in total. The molecule has 0 N–H and O–H groups in total. The number of carbonyl (C=O) groups is 2. The van der Waals surface area contributed by atoms with Crippen LogP contribution >= 0.6 is 0 Å². The van der Waals surface area contributed by atoms with E-state index in [0.717, 1.165) is 12.0 Å². The van der Waals surface area contributed by atoms with Crippen LogP contribution in [0, 0.1) is 5.82 Å². The fourth-order valence-electron chi connectivity index (χ4n) is 4.48. The van der Waals surface area contributed by atoms with Crippen LogP contribution in [0.25, 0.3) is 5.57 Å². The molecule has 0 saturated heterocycles. The molecule has 2 aliphatic heterocycles. The molecule has 3 aromatic rings. The monoisotopic (exact) mass is 442 g/mol. The van der Waals surface area contributed by atoms with Crippen LogP contribution in [-0.2, 0) is 29.1 Å². The van der Waals surface area contributed by atoms with Gasteiger partial charge in [-0.2, -0.15) is 0 Å². The molecule has 0 spiro atoms. The Kier molecular flexibility index (Phi) is 5.42. The fraction of sp³-hybridized carbons (Fsp3) is 0.185. The number of ether oxygens (including phenoxy) is 1. The summed E-state index contributed by atoms with van der Waals surface area (Å²) < 4.78 is 18.6. The van der Waals surface area contributed by atoms with Crippen molar-refractivity contribution in [3.05, 3.63) is 107 Å². The lowest BCUT2D eigenvalue weighted by molar-refractivity contribution is -0.138. The van der Waals surface area contributed by atoms with Crippen LogP contribution in [0.1, 0.15) is 22.3 Å². The Bertz CT molecular complexity index is 1250. The van der Waals surface area contributed by atoms with Crippen molar-refractivity contribution in [1.29, 1.82) is 0 Å². The van der Waals surface area contributed by atoms with E-state index >= 15 is 0 Å². The van der Waals surface area contributed by atoms with E-state index in [-0.39, 0.29) is 24.2 Å². The number of rotatable bonds is 5. The zero-order valence-corrected chi connectivity index (χ0v) is 18.3. The second-order valence-corrected chi connectivity index (χ2v) is 8.22. The number of methoxy groups -OCH3 is 1. The Labute approximate surface area is 191 Å². The van der Waals surface area contributed by atoms with Crippen molar-refractivity contribution in [2.75, 3.05) is 13.7 Å². The molecule has 0 aromatic heterocycles. The summed E-state index contributed by atoms with van der Waals surface area (Å²) in [7, 11) is 1.58. The van der Waals surface area contributed by atoms with E-state index in [9.17, 15) is 14.0 Å². The highest BCUT2D eigenvalue weighted by atomic mass is 19.1. The summed E-state index contributed by atoms with van der Waals surface area (Å²) in [5, 5.41) is 0. The molecule has 0 saturated carbocycles. The Balaban J connectivity index is 1.54. The SMILES string of the molecule is COc1ccc(C2=C(N3CCc4ccccc4C3)C(=O)N(Cc3ccc(F)cc3)C2=O)cc1. The van der Waals surface area contributed by atoms with Crippen molar-refractivity contribution < 1.29 is 18.7 Å². The van der Waals surface area contributed by atoms with Crippen molar-refractivity contribution in [2.24, 2.45) is 0 Å². The molecule has 166 valence electrons.